The second kappa shape index (κ2) is 10.6. The average molecular weight is 399 g/mol. The van der Waals surface area contributed by atoms with Gasteiger partial charge in [-0.1, -0.05) is 32.3 Å². The van der Waals surface area contributed by atoms with Crippen LogP contribution in [0.5, 0.6) is 5.88 Å². The molecule has 0 N–H and O–H groups in total. The summed E-state index contributed by atoms with van der Waals surface area (Å²) < 4.78 is 25.6. The van der Waals surface area contributed by atoms with E-state index in [1.807, 2.05) is 6.92 Å². The molecule has 0 saturated heterocycles. The van der Waals surface area contributed by atoms with Gasteiger partial charge in [0.05, 0.1) is 38.5 Å². The molecular weight excluding hydrogens is 366 g/mol. The average Bonchev–Trinajstić information content (AvgIpc) is 3.10. The van der Waals surface area contributed by atoms with Crippen LogP contribution in [0.2, 0.25) is 0 Å². The van der Waals surface area contributed by atoms with E-state index in [0.29, 0.717) is 30.1 Å². The molecule has 27 heavy (non-hydrogen) atoms. The minimum Gasteiger partial charge on any atom is -0.475 e. The van der Waals surface area contributed by atoms with Crippen LogP contribution < -0.4 is 4.74 Å². The minimum atomic E-state index is -0.619. The zero-order valence-electron chi connectivity index (χ0n) is 16.9. The lowest BCUT2D eigenvalue weighted by Gasteiger charge is -2.40. The Labute approximate surface area is 166 Å². The van der Waals surface area contributed by atoms with Gasteiger partial charge in [-0.05, 0) is 13.3 Å². The van der Waals surface area contributed by atoms with E-state index in [0.717, 1.165) is 30.7 Å². The number of ether oxygens (including phenoxy) is 3. The van der Waals surface area contributed by atoms with Crippen LogP contribution in [0.1, 0.15) is 58.6 Å². The first-order valence-corrected chi connectivity index (χ1v) is 10.6. The molecule has 0 aliphatic carbocycles. The zero-order chi connectivity index (χ0) is 19.7. The van der Waals surface area contributed by atoms with Gasteiger partial charge in [0.1, 0.15) is 12.2 Å². The van der Waals surface area contributed by atoms with Crippen LogP contribution in [0.15, 0.2) is 6.08 Å². The normalized spacial score (nSPS) is 20.7. The molecule has 7 nitrogen and oxygen atoms in total. The van der Waals surface area contributed by atoms with E-state index in [9.17, 15) is 4.79 Å². The molecule has 0 saturated carbocycles. The fourth-order valence-electron chi connectivity index (χ4n) is 3.14. The molecule has 0 fully saturated rings. The van der Waals surface area contributed by atoms with Crippen LogP contribution in [-0.2, 0) is 9.47 Å². The highest BCUT2D eigenvalue weighted by Crippen LogP contribution is 2.31. The maximum Gasteiger partial charge on any atom is 0.512 e. The van der Waals surface area contributed by atoms with Crippen LogP contribution in [0.4, 0.5) is 4.79 Å². The summed E-state index contributed by atoms with van der Waals surface area (Å²) in [5.74, 6) is 0.621. The van der Waals surface area contributed by atoms with Crippen molar-refractivity contribution in [3.8, 4) is 5.88 Å². The summed E-state index contributed by atoms with van der Waals surface area (Å²) in [7, 11) is 2.09. The first-order chi connectivity index (χ1) is 13.0. The fraction of sp³-hybridized carbons (Fsp3) is 0.737. The fourth-order valence-corrected chi connectivity index (χ4v) is 3.67. The maximum absolute atomic E-state index is 11.7. The van der Waals surface area contributed by atoms with Crippen molar-refractivity contribution >= 4 is 23.5 Å². The van der Waals surface area contributed by atoms with Gasteiger partial charge < -0.3 is 14.2 Å². The van der Waals surface area contributed by atoms with Crippen molar-refractivity contribution in [3.05, 3.63) is 11.8 Å². The van der Waals surface area contributed by atoms with Gasteiger partial charge in [-0.15, -0.1) is 4.37 Å². The van der Waals surface area contributed by atoms with Gasteiger partial charge in [-0.25, -0.2) is 4.79 Å². The number of hydrogen-bond acceptors (Lipinski definition) is 7. The lowest BCUT2D eigenvalue weighted by atomic mass is 10.0. The third-order valence-electron chi connectivity index (χ3n) is 4.97. The van der Waals surface area contributed by atoms with Crippen LogP contribution in [0.25, 0.3) is 5.57 Å². The molecule has 2 atom stereocenters. The number of rotatable bonds is 10. The number of nitrogens with zero attached hydrogens (tertiary/aromatic N) is 3. The Kier molecular flexibility index (Phi) is 8.50. The number of hydrogen-bond donors (Lipinski definition) is 0. The molecule has 1 aromatic heterocycles. The molecule has 1 aliphatic heterocycles. The Morgan fingerprint density at radius 1 is 1.30 bits per heavy atom. The quantitative estimate of drug-likeness (QED) is 0.333. The van der Waals surface area contributed by atoms with E-state index in [1.54, 1.807) is 6.92 Å². The number of likely N-dealkylation sites (N-methyl/N-ethyl adjacent to an activating group) is 1. The number of quaternary nitrogens is 1. The summed E-state index contributed by atoms with van der Waals surface area (Å²) in [6, 6.07) is 0. The highest BCUT2D eigenvalue weighted by atomic mass is 32.1. The largest absolute Gasteiger partial charge is 0.512 e. The van der Waals surface area contributed by atoms with Crippen LogP contribution in [0, 0.1) is 0 Å². The topological polar surface area (TPSA) is 70.5 Å². The van der Waals surface area contributed by atoms with Gasteiger partial charge >= 0.3 is 6.16 Å². The first kappa shape index (κ1) is 21.6. The van der Waals surface area contributed by atoms with E-state index in [4.69, 9.17) is 14.2 Å². The van der Waals surface area contributed by atoms with E-state index in [1.165, 1.54) is 31.0 Å². The summed E-state index contributed by atoms with van der Waals surface area (Å²) >= 11 is 1.18. The smallest absolute Gasteiger partial charge is 0.475 e. The van der Waals surface area contributed by atoms with Crippen LogP contribution in [-0.4, -0.2) is 59.0 Å². The minimum absolute atomic E-state index is 0.308. The number of carbonyl (C=O) groups excluding carboxylic acids is 1. The third kappa shape index (κ3) is 6.17. The van der Waals surface area contributed by atoms with Gasteiger partial charge in [0.15, 0.2) is 0 Å². The monoisotopic (exact) mass is 398 g/mol. The Bertz CT molecular complexity index is 634. The summed E-state index contributed by atoms with van der Waals surface area (Å²) in [4.78, 5) is 11.7. The number of carbonyl (C=O) groups is 1. The predicted octanol–water partition coefficient (Wildman–Crippen LogP) is 4.25. The lowest BCUT2D eigenvalue weighted by molar-refractivity contribution is -0.944. The standard InChI is InChI=1S/C19H32N3O4S/c1-5-7-8-9-13-25-18-17(20-27-21-18)16-11-10-12-22(4,14-16)15(3)26-19(23)24-6-2/h11,15H,5-10,12-14H2,1-4H3/q+1/t15-,22?/m1/s1. The second-order valence-corrected chi connectivity index (χ2v) is 7.63. The Balaban J connectivity index is 1.98. The van der Waals surface area contributed by atoms with E-state index in [2.05, 4.69) is 28.8 Å². The maximum atomic E-state index is 11.7. The summed E-state index contributed by atoms with van der Waals surface area (Å²) in [6.45, 7) is 8.44. The third-order valence-corrected chi connectivity index (χ3v) is 5.48. The van der Waals surface area contributed by atoms with E-state index in [-0.39, 0.29) is 6.23 Å². The number of unbranched alkanes of at least 4 members (excludes halogenated alkanes) is 3. The molecule has 0 amide bonds. The van der Waals surface area contributed by atoms with Gasteiger partial charge in [0.25, 0.3) is 5.88 Å². The SMILES string of the molecule is CCCCCCOc1nsnc1C1=CCC[N+](C)([C@@H](C)OC(=O)OCC)C1. The lowest BCUT2D eigenvalue weighted by Crippen LogP contribution is -2.55. The second-order valence-electron chi connectivity index (χ2n) is 7.11. The predicted molar refractivity (Wildman–Crippen MR) is 106 cm³/mol. The highest BCUT2D eigenvalue weighted by molar-refractivity contribution is 6.99. The highest BCUT2D eigenvalue weighted by Gasteiger charge is 2.37. The summed E-state index contributed by atoms with van der Waals surface area (Å²) in [5, 5.41) is 0. The molecule has 1 aliphatic rings. The zero-order valence-corrected chi connectivity index (χ0v) is 17.7. The molecule has 152 valence electrons. The van der Waals surface area contributed by atoms with Gasteiger partial charge in [-0.2, -0.15) is 4.37 Å². The molecule has 1 aromatic rings. The van der Waals surface area contributed by atoms with Crippen molar-refractivity contribution in [1.29, 1.82) is 0 Å². The first-order valence-electron chi connectivity index (χ1n) is 9.82. The molecule has 0 aromatic carbocycles. The van der Waals surface area contributed by atoms with Crippen molar-refractivity contribution in [3.63, 3.8) is 0 Å². The van der Waals surface area contributed by atoms with Gasteiger partial charge in [0.2, 0.25) is 6.23 Å². The molecule has 1 unspecified atom stereocenters. The van der Waals surface area contributed by atoms with Crippen molar-refractivity contribution < 1.29 is 23.5 Å². The van der Waals surface area contributed by atoms with Crippen molar-refractivity contribution in [2.75, 3.05) is 33.4 Å². The molecule has 2 heterocycles. The molecular formula is C19H32N3O4S+. The molecule has 2 rings (SSSR count). The Morgan fingerprint density at radius 3 is 2.85 bits per heavy atom. The molecule has 0 bridgehead atoms. The molecule has 0 spiro atoms. The number of aromatic nitrogens is 2. The van der Waals surface area contributed by atoms with Crippen molar-refractivity contribution in [2.24, 2.45) is 0 Å². The summed E-state index contributed by atoms with van der Waals surface area (Å²) in [6.07, 6.45) is 6.79. The Hall–Kier alpha value is -1.67. The Morgan fingerprint density at radius 2 is 2.11 bits per heavy atom. The van der Waals surface area contributed by atoms with Crippen molar-refractivity contribution in [1.82, 2.24) is 8.75 Å². The summed E-state index contributed by atoms with van der Waals surface area (Å²) in [5.41, 5.74) is 1.92. The molecule has 8 heteroatoms. The molecule has 0 radical (unpaired) electrons. The van der Waals surface area contributed by atoms with Gasteiger partial charge in [-0.3, -0.25) is 4.48 Å². The van der Waals surface area contributed by atoms with Crippen molar-refractivity contribution in [2.45, 2.75) is 59.1 Å². The van der Waals surface area contributed by atoms with Gasteiger partial charge in [0, 0.05) is 18.9 Å². The van der Waals surface area contributed by atoms with Crippen LogP contribution in [0.3, 0.4) is 0 Å². The van der Waals surface area contributed by atoms with E-state index >= 15 is 0 Å². The van der Waals surface area contributed by atoms with E-state index < -0.39 is 6.16 Å². The van der Waals surface area contributed by atoms with Crippen LogP contribution >= 0.6 is 11.7 Å².